The van der Waals surface area contributed by atoms with Gasteiger partial charge in [-0.15, -0.1) is 0 Å². The fourth-order valence-electron chi connectivity index (χ4n) is 1.83. The van der Waals surface area contributed by atoms with Gasteiger partial charge in [0.1, 0.15) is 5.75 Å². The van der Waals surface area contributed by atoms with Gasteiger partial charge in [0.05, 0.1) is 10.0 Å². The zero-order valence-electron chi connectivity index (χ0n) is 12.7. The van der Waals surface area contributed by atoms with Crippen molar-refractivity contribution in [3.8, 4) is 5.75 Å². The van der Waals surface area contributed by atoms with Gasteiger partial charge in [-0.2, -0.15) is 0 Å². The Kier molecular flexibility index (Phi) is 6.90. The van der Waals surface area contributed by atoms with Crippen LogP contribution in [0.2, 0.25) is 10.0 Å². The highest BCUT2D eigenvalue weighted by atomic mass is 35.5. The van der Waals surface area contributed by atoms with Crippen LogP contribution in [0.3, 0.4) is 0 Å². The van der Waals surface area contributed by atoms with E-state index in [0.29, 0.717) is 27.9 Å². The Morgan fingerprint density at radius 1 is 0.917 bits per heavy atom. The van der Waals surface area contributed by atoms with Crippen LogP contribution >= 0.6 is 23.2 Å². The van der Waals surface area contributed by atoms with Crippen LogP contribution in [-0.4, -0.2) is 31.5 Å². The first-order valence-corrected chi connectivity index (χ1v) is 7.99. The van der Waals surface area contributed by atoms with Gasteiger partial charge in [0.2, 0.25) is 0 Å². The maximum absolute atomic E-state index is 11.9. The molecule has 0 bridgehead atoms. The zero-order valence-corrected chi connectivity index (χ0v) is 14.2. The quantitative estimate of drug-likeness (QED) is 0.740. The summed E-state index contributed by atoms with van der Waals surface area (Å²) in [5.41, 5.74) is 0.406. The molecule has 2 amide bonds. The van der Waals surface area contributed by atoms with Gasteiger partial charge in [-0.05, 0) is 30.3 Å². The normalized spacial score (nSPS) is 10.1. The van der Waals surface area contributed by atoms with Crippen LogP contribution in [-0.2, 0) is 4.79 Å². The number of hydrogen-bond donors (Lipinski definition) is 2. The number of amides is 2. The fraction of sp³-hybridized carbons (Fsp3) is 0.176. The Labute approximate surface area is 149 Å². The molecule has 0 aliphatic carbocycles. The average molecular weight is 367 g/mol. The smallest absolute Gasteiger partial charge is 0.258 e. The van der Waals surface area contributed by atoms with Gasteiger partial charge in [0.25, 0.3) is 11.8 Å². The van der Waals surface area contributed by atoms with Crippen molar-refractivity contribution in [2.45, 2.75) is 0 Å². The largest absolute Gasteiger partial charge is 0.484 e. The maximum atomic E-state index is 11.9. The van der Waals surface area contributed by atoms with Crippen LogP contribution in [0.25, 0.3) is 0 Å². The molecule has 0 radical (unpaired) electrons. The summed E-state index contributed by atoms with van der Waals surface area (Å²) < 4.78 is 5.31. The van der Waals surface area contributed by atoms with Crippen LogP contribution in [0.1, 0.15) is 10.4 Å². The van der Waals surface area contributed by atoms with Gasteiger partial charge in [-0.3, -0.25) is 9.59 Å². The third-order valence-electron chi connectivity index (χ3n) is 3.03. The van der Waals surface area contributed by atoms with Crippen molar-refractivity contribution in [1.29, 1.82) is 0 Å². The summed E-state index contributed by atoms with van der Waals surface area (Å²) in [7, 11) is 0. The van der Waals surface area contributed by atoms with Gasteiger partial charge in [-0.1, -0.05) is 41.4 Å². The number of para-hydroxylation sites is 1. The number of benzene rings is 2. The predicted molar refractivity (Wildman–Crippen MR) is 93.7 cm³/mol. The van der Waals surface area contributed by atoms with Crippen molar-refractivity contribution in [3.63, 3.8) is 0 Å². The van der Waals surface area contributed by atoms with E-state index in [4.69, 9.17) is 27.9 Å². The minimum absolute atomic E-state index is 0.0786. The SMILES string of the molecule is O=C(COc1ccccc1)NCCNC(=O)c1ccc(Cl)c(Cl)c1. The Morgan fingerprint density at radius 3 is 2.33 bits per heavy atom. The highest BCUT2D eigenvalue weighted by Gasteiger charge is 2.08. The number of hydrogen-bond acceptors (Lipinski definition) is 3. The van der Waals surface area contributed by atoms with Crippen LogP contribution in [0.5, 0.6) is 5.75 Å². The van der Waals surface area contributed by atoms with E-state index in [1.807, 2.05) is 18.2 Å². The second kappa shape index (κ2) is 9.15. The number of carbonyl (C=O) groups excluding carboxylic acids is 2. The molecule has 0 aliphatic heterocycles. The van der Waals surface area contributed by atoms with Crippen LogP contribution in [0, 0.1) is 0 Å². The standard InChI is InChI=1S/C17H16Cl2N2O3/c18-14-7-6-12(10-15(14)19)17(23)21-9-8-20-16(22)11-24-13-4-2-1-3-5-13/h1-7,10H,8-9,11H2,(H,20,22)(H,21,23). The third kappa shape index (κ3) is 5.76. The van der Waals surface area contributed by atoms with Crippen molar-refractivity contribution in [3.05, 3.63) is 64.1 Å². The van der Waals surface area contributed by atoms with E-state index in [1.165, 1.54) is 6.07 Å². The van der Waals surface area contributed by atoms with Crippen LogP contribution < -0.4 is 15.4 Å². The summed E-state index contributed by atoms with van der Waals surface area (Å²) in [5, 5.41) is 6.04. The first-order chi connectivity index (χ1) is 11.6. The first-order valence-electron chi connectivity index (χ1n) is 7.24. The molecule has 0 aromatic heterocycles. The molecule has 0 spiro atoms. The van der Waals surface area contributed by atoms with Gasteiger partial charge < -0.3 is 15.4 Å². The minimum atomic E-state index is -0.289. The third-order valence-corrected chi connectivity index (χ3v) is 3.77. The number of rotatable bonds is 7. The van der Waals surface area contributed by atoms with E-state index in [2.05, 4.69) is 10.6 Å². The molecule has 0 aliphatic rings. The summed E-state index contributed by atoms with van der Waals surface area (Å²) in [6, 6.07) is 13.7. The van der Waals surface area contributed by atoms with Crippen molar-refractivity contribution in [1.82, 2.24) is 10.6 Å². The average Bonchev–Trinajstić information content (AvgIpc) is 2.60. The van der Waals surface area contributed by atoms with E-state index in [1.54, 1.807) is 24.3 Å². The topological polar surface area (TPSA) is 67.4 Å². The molecular weight excluding hydrogens is 351 g/mol. The highest BCUT2D eigenvalue weighted by molar-refractivity contribution is 6.42. The molecule has 5 nitrogen and oxygen atoms in total. The Balaban J connectivity index is 1.65. The summed E-state index contributed by atoms with van der Waals surface area (Å²) >= 11 is 11.7. The van der Waals surface area contributed by atoms with E-state index in [0.717, 1.165) is 0 Å². The van der Waals surface area contributed by atoms with Crippen molar-refractivity contribution in [2.24, 2.45) is 0 Å². The van der Waals surface area contributed by atoms with E-state index < -0.39 is 0 Å². The molecule has 0 saturated heterocycles. The van der Waals surface area contributed by atoms with Gasteiger partial charge in [0, 0.05) is 18.7 Å². The van der Waals surface area contributed by atoms with Crippen molar-refractivity contribution >= 4 is 35.0 Å². The molecule has 126 valence electrons. The predicted octanol–water partition coefficient (Wildman–Crippen LogP) is 2.92. The summed E-state index contributed by atoms with van der Waals surface area (Å²) in [6.07, 6.45) is 0. The number of nitrogens with one attached hydrogen (secondary N) is 2. The summed E-state index contributed by atoms with van der Waals surface area (Å²) in [4.78, 5) is 23.5. The Hall–Kier alpha value is -2.24. The number of ether oxygens (including phenoxy) is 1. The highest BCUT2D eigenvalue weighted by Crippen LogP contribution is 2.22. The van der Waals surface area contributed by atoms with Gasteiger partial charge in [0.15, 0.2) is 6.61 Å². The lowest BCUT2D eigenvalue weighted by Crippen LogP contribution is -2.36. The summed E-state index contributed by atoms with van der Waals surface area (Å²) in [5.74, 6) is 0.0755. The Morgan fingerprint density at radius 2 is 1.62 bits per heavy atom. The molecule has 0 atom stereocenters. The second-order valence-corrected chi connectivity index (χ2v) is 5.65. The van der Waals surface area contributed by atoms with Gasteiger partial charge in [-0.25, -0.2) is 0 Å². The van der Waals surface area contributed by atoms with E-state index in [-0.39, 0.29) is 25.0 Å². The monoisotopic (exact) mass is 366 g/mol. The molecule has 24 heavy (non-hydrogen) atoms. The molecular formula is C17H16Cl2N2O3. The molecule has 0 unspecified atom stereocenters. The first kappa shape index (κ1) is 18.1. The van der Waals surface area contributed by atoms with Gasteiger partial charge >= 0.3 is 0 Å². The molecule has 2 aromatic rings. The molecule has 0 saturated carbocycles. The Bertz CT molecular complexity index is 708. The molecule has 2 N–H and O–H groups in total. The lowest BCUT2D eigenvalue weighted by molar-refractivity contribution is -0.123. The summed E-state index contributed by atoms with van der Waals surface area (Å²) in [6.45, 7) is 0.505. The minimum Gasteiger partial charge on any atom is -0.484 e. The molecule has 0 fully saturated rings. The maximum Gasteiger partial charge on any atom is 0.258 e. The molecule has 0 heterocycles. The van der Waals surface area contributed by atoms with Crippen molar-refractivity contribution < 1.29 is 14.3 Å². The molecule has 2 aromatic carbocycles. The van der Waals surface area contributed by atoms with Crippen molar-refractivity contribution in [2.75, 3.05) is 19.7 Å². The second-order valence-electron chi connectivity index (χ2n) is 4.84. The van der Waals surface area contributed by atoms with E-state index >= 15 is 0 Å². The van der Waals surface area contributed by atoms with E-state index in [9.17, 15) is 9.59 Å². The number of halogens is 2. The lowest BCUT2D eigenvalue weighted by Gasteiger charge is -2.09. The van der Waals surface area contributed by atoms with Crippen LogP contribution in [0.4, 0.5) is 0 Å². The van der Waals surface area contributed by atoms with Crippen LogP contribution in [0.15, 0.2) is 48.5 Å². The molecule has 2 rings (SSSR count). The molecule has 7 heteroatoms. The fourth-order valence-corrected chi connectivity index (χ4v) is 2.13. The lowest BCUT2D eigenvalue weighted by atomic mass is 10.2. The number of carbonyl (C=O) groups is 2. The zero-order chi connectivity index (χ0) is 17.4.